The molecule has 1 atom stereocenters. The van der Waals surface area contributed by atoms with E-state index in [0.29, 0.717) is 19.4 Å². The van der Waals surface area contributed by atoms with Crippen molar-refractivity contribution in [1.82, 2.24) is 20.5 Å². The number of hydrogen-bond donors (Lipinski definition) is 2. The fourth-order valence-electron chi connectivity index (χ4n) is 6.20. The Morgan fingerprint density at radius 3 is 1.89 bits per heavy atom. The summed E-state index contributed by atoms with van der Waals surface area (Å²) in [7, 11) is 1.71. The van der Waals surface area contributed by atoms with Crippen LogP contribution in [0.2, 0.25) is 0 Å². The monoisotopic (exact) mass is 714 g/mol. The minimum Gasteiger partial charge on any atom is -0.445 e. The number of rotatable bonds is 17. The number of Topliss-reactive ketones (excluding diaryl/α,β-unsaturated/α-hetero) is 1. The van der Waals surface area contributed by atoms with Crippen LogP contribution in [0, 0.1) is 5.41 Å². The number of aromatic nitrogens is 1. The van der Waals surface area contributed by atoms with E-state index in [1.54, 1.807) is 11.9 Å². The van der Waals surface area contributed by atoms with Gasteiger partial charge in [-0.15, -0.1) is 0 Å². The zero-order chi connectivity index (χ0) is 37.6. The lowest BCUT2D eigenvalue weighted by Crippen LogP contribution is -2.33. The molecule has 53 heavy (non-hydrogen) atoms. The predicted molar refractivity (Wildman–Crippen MR) is 202 cm³/mol. The van der Waals surface area contributed by atoms with Crippen LogP contribution in [0.3, 0.4) is 0 Å². The Morgan fingerprint density at radius 2 is 1.30 bits per heavy atom. The fourth-order valence-corrected chi connectivity index (χ4v) is 6.20. The molecule has 0 saturated carbocycles. The second kappa shape index (κ2) is 18.5. The Balaban J connectivity index is 1.17. The standard InChI is InChI=1S/C43H46N4O6/c1-43(2,25-27-45-42(51)53-29-31-16-8-4-9-17-31)28-37(48)44-26-24-35(32-18-10-5-11-19-32)39(49)40-46-36(30-52-40)41(50)47(3)38(33-20-12-6-13-21-33)34-22-14-7-15-23-34/h4-23,30,35,38H,24-29H2,1-3H3,(H,44,48)(H,45,51). The first-order chi connectivity index (χ1) is 25.6. The van der Waals surface area contributed by atoms with Crippen molar-refractivity contribution in [3.63, 3.8) is 0 Å². The van der Waals surface area contributed by atoms with Gasteiger partial charge in [-0.3, -0.25) is 14.4 Å². The van der Waals surface area contributed by atoms with Crippen LogP contribution in [-0.2, 0) is 16.1 Å². The van der Waals surface area contributed by atoms with Gasteiger partial charge >= 0.3 is 6.09 Å². The van der Waals surface area contributed by atoms with E-state index in [4.69, 9.17) is 9.15 Å². The van der Waals surface area contributed by atoms with Crippen molar-refractivity contribution in [2.75, 3.05) is 20.1 Å². The minimum absolute atomic E-state index is 0.0222. The van der Waals surface area contributed by atoms with Gasteiger partial charge in [0, 0.05) is 26.6 Å². The number of ketones is 1. The molecule has 0 aliphatic carbocycles. The molecule has 0 spiro atoms. The van der Waals surface area contributed by atoms with Crippen molar-refractivity contribution in [2.45, 2.75) is 51.7 Å². The van der Waals surface area contributed by atoms with Gasteiger partial charge in [-0.05, 0) is 40.5 Å². The number of hydrogen-bond acceptors (Lipinski definition) is 7. The third kappa shape index (κ3) is 11.0. The molecule has 4 aromatic carbocycles. The number of nitrogens with zero attached hydrogens (tertiary/aromatic N) is 2. The van der Waals surface area contributed by atoms with Gasteiger partial charge in [0.15, 0.2) is 5.69 Å². The van der Waals surface area contributed by atoms with Gasteiger partial charge in [-0.1, -0.05) is 135 Å². The summed E-state index contributed by atoms with van der Waals surface area (Å²) >= 11 is 0. The van der Waals surface area contributed by atoms with Crippen LogP contribution < -0.4 is 10.6 Å². The number of amides is 3. The number of ether oxygens (including phenoxy) is 1. The Kier molecular flexibility index (Phi) is 13.3. The molecule has 0 radical (unpaired) electrons. The van der Waals surface area contributed by atoms with Crippen LogP contribution in [0.5, 0.6) is 0 Å². The van der Waals surface area contributed by atoms with Gasteiger partial charge in [0.25, 0.3) is 11.8 Å². The molecule has 1 aromatic heterocycles. The topological polar surface area (TPSA) is 131 Å². The first-order valence-corrected chi connectivity index (χ1v) is 17.7. The van der Waals surface area contributed by atoms with Crippen molar-refractivity contribution in [1.29, 1.82) is 0 Å². The summed E-state index contributed by atoms with van der Waals surface area (Å²) in [6, 6.07) is 37.7. The third-order valence-electron chi connectivity index (χ3n) is 9.07. The van der Waals surface area contributed by atoms with Gasteiger partial charge < -0.3 is 24.7 Å². The Morgan fingerprint density at radius 1 is 0.755 bits per heavy atom. The van der Waals surface area contributed by atoms with E-state index in [0.717, 1.165) is 22.3 Å². The average Bonchev–Trinajstić information content (AvgIpc) is 3.67. The van der Waals surface area contributed by atoms with Crippen LogP contribution in [0.15, 0.2) is 132 Å². The van der Waals surface area contributed by atoms with Crippen LogP contribution in [0.25, 0.3) is 0 Å². The highest BCUT2D eigenvalue weighted by atomic mass is 16.5. The van der Waals surface area contributed by atoms with E-state index in [2.05, 4.69) is 15.6 Å². The lowest BCUT2D eigenvalue weighted by molar-refractivity contribution is -0.123. The SMILES string of the molecule is CN(C(=O)c1coc(C(=O)C(CCNC(=O)CC(C)(C)CCNC(=O)OCc2ccccc2)c2ccccc2)n1)C(c1ccccc1)c1ccccc1. The summed E-state index contributed by atoms with van der Waals surface area (Å²) in [6.45, 7) is 4.69. The van der Waals surface area contributed by atoms with E-state index >= 15 is 0 Å². The number of benzene rings is 4. The molecule has 10 heteroatoms. The van der Waals surface area contributed by atoms with Crippen LogP contribution in [0.1, 0.15) is 88.5 Å². The van der Waals surface area contributed by atoms with Gasteiger partial charge in [-0.25, -0.2) is 9.78 Å². The molecule has 0 aliphatic rings. The van der Waals surface area contributed by atoms with Gasteiger partial charge in [-0.2, -0.15) is 0 Å². The zero-order valence-corrected chi connectivity index (χ0v) is 30.4. The Hall–Kier alpha value is -6.03. The van der Waals surface area contributed by atoms with E-state index in [1.807, 2.05) is 135 Å². The van der Waals surface area contributed by atoms with E-state index in [1.165, 1.54) is 6.26 Å². The largest absolute Gasteiger partial charge is 0.445 e. The maximum absolute atomic E-state index is 13.9. The summed E-state index contributed by atoms with van der Waals surface area (Å²) in [4.78, 5) is 58.8. The van der Waals surface area contributed by atoms with E-state index in [-0.39, 0.29) is 48.9 Å². The molecule has 274 valence electrons. The lowest BCUT2D eigenvalue weighted by atomic mass is 9.85. The Labute approximate surface area is 310 Å². The van der Waals surface area contributed by atoms with Gasteiger partial charge in [0.05, 0.1) is 12.0 Å². The maximum atomic E-state index is 13.9. The number of carbonyl (C=O) groups excluding carboxylic acids is 4. The molecular formula is C43H46N4O6. The highest BCUT2D eigenvalue weighted by Crippen LogP contribution is 2.30. The van der Waals surface area contributed by atoms with Crippen molar-refractivity contribution >= 4 is 23.7 Å². The number of carbonyl (C=O) groups is 4. The maximum Gasteiger partial charge on any atom is 0.407 e. The predicted octanol–water partition coefficient (Wildman–Crippen LogP) is 7.74. The summed E-state index contributed by atoms with van der Waals surface area (Å²) in [5.41, 5.74) is 3.12. The number of alkyl carbamates (subject to hydrolysis) is 1. The molecule has 0 fully saturated rings. The van der Waals surface area contributed by atoms with Crippen molar-refractivity contribution in [2.24, 2.45) is 5.41 Å². The minimum atomic E-state index is -0.670. The van der Waals surface area contributed by atoms with Crippen LogP contribution in [0.4, 0.5) is 4.79 Å². The quantitative estimate of drug-likeness (QED) is 0.0943. The summed E-state index contributed by atoms with van der Waals surface area (Å²) in [5, 5.41) is 5.70. The van der Waals surface area contributed by atoms with Crippen molar-refractivity contribution in [3.05, 3.63) is 161 Å². The smallest absolute Gasteiger partial charge is 0.407 e. The third-order valence-corrected chi connectivity index (χ3v) is 9.07. The summed E-state index contributed by atoms with van der Waals surface area (Å²) in [6.07, 6.45) is 1.79. The van der Waals surface area contributed by atoms with Crippen LogP contribution in [-0.4, -0.2) is 53.7 Å². The molecule has 5 rings (SSSR count). The fraction of sp³-hybridized carbons (Fsp3) is 0.279. The molecule has 1 heterocycles. The van der Waals surface area contributed by atoms with Crippen molar-refractivity contribution < 1.29 is 28.3 Å². The molecule has 10 nitrogen and oxygen atoms in total. The normalized spacial score (nSPS) is 11.8. The number of nitrogens with one attached hydrogen (secondary N) is 2. The molecule has 0 saturated heterocycles. The number of oxazole rings is 1. The summed E-state index contributed by atoms with van der Waals surface area (Å²) < 4.78 is 10.9. The highest BCUT2D eigenvalue weighted by Gasteiger charge is 2.30. The molecule has 5 aromatic rings. The van der Waals surface area contributed by atoms with E-state index in [9.17, 15) is 19.2 Å². The summed E-state index contributed by atoms with van der Waals surface area (Å²) in [5.74, 6) is -1.79. The zero-order valence-electron chi connectivity index (χ0n) is 30.4. The molecule has 2 N–H and O–H groups in total. The first-order valence-electron chi connectivity index (χ1n) is 17.7. The van der Waals surface area contributed by atoms with Gasteiger partial charge in [0.1, 0.15) is 12.9 Å². The molecule has 0 bridgehead atoms. The average molecular weight is 715 g/mol. The Bertz CT molecular complexity index is 1890. The van der Waals surface area contributed by atoms with E-state index < -0.39 is 23.3 Å². The van der Waals surface area contributed by atoms with Crippen molar-refractivity contribution in [3.8, 4) is 0 Å². The lowest BCUT2D eigenvalue weighted by Gasteiger charge is -2.28. The molecule has 3 amide bonds. The second-order valence-corrected chi connectivity index (χ2v) is 13.7. The van der Waals surface area contributed by atoms with Gasteiger partial charge in [0.2, 0.25) is 11.7 Å². The second-order valence-electron chi connectivity index (χ2n) is 13.7. The van der Waals surface area contributed by atoms with Crippen LogP contribution >= 0.6 is 0 Å². The molecule has 0 aliphatic heterocycles. The molecule has 1 unspecified atom stereocenters. The molecular weight excluding hydrogens is 668 g/mol. The highest BCUT2D eigenvalue weighted by molar-refractivity contribution is 5.99. The first kappa shape index (κ1) is 38.2.